The zero-order chi connectivity index (χ0) is 13.6. The predicted octanol–water partition coefficient (Wildman–Crippen LogP) is 0.438. The first-order chi connectivity index (χ1) is 8.49. The molecule has 7 heteroatoms. The van der Waals surface area contributed by atoms with Crippen molar-refractivity contribution in [1.82, 2.24) is 10.0 Å². The van der Waals surface area contributed by atoms with E-state index in [1.54, 1.807) is 6.07 Å². The van der Waals surface area contributed by atoms with Crippen molar-refractivity contribution in [2.75, 3.05) is 13.7 Å². The minimum Gasteiger partial charge on any atom is -0.447 e. The molecule has 6 nitrogen and oxygen atoms in total. The van der Waals surface area contributed by atoms with Crippen molar-refractivity contribution in [3.63, 3.8) is 0 Å². The van der Waals surface area contributed by atoms with Gasteiger partial charge in [-0.2, -0.15) is 0 Å². The molecule has 1 rings (SSSR count). The lowest BCUT2D eigenvalue weighted by Gasteiger charge is -2.11. The molecule has 1 aromatic heterocycles. The Kier molecular flexibility index (Phi) is 5.80. The Morgan fingerprint density at radius 3 is 2.78 bits per heavy atom. The third-order valence-electron chi connectivity index (χ3n) is 2.59. The summed E-state index contributed by atoms with van der Waals surface area (Å²) in [7, 11) is -2.17. The van der Waals surface area contributed by atoms with Crippen molar-refractivity contribution in [3.8, 4) is 0 Å². The molecule has 0 saturated carbocycles. The van der Waals surface area contributed by atoms with Gasteiger partial charge in [0.15, 0.2) is 0 Å². The predicted molar refractivity (Wildman–Crippen MR) is 67.6 cm³/mol. The van der Waals surface area contributed by atoms with Crippen LogP contribution >= 0.6 is 0 Å². The smallest absolute Gasteiger partial charge is 0.273 e. The maximum absolute atomic E-state index is 11.4. The number of sulfonamides is 1. The van der Waals surface area contributed by atoms with Crippen LogP contribution in [0, 0.1) is 0 Å². The molecule has 0 aromatic carbocycles. The van der Waals surface area contributed by atoms with Crippen LogP contribution in [-0.4, -0.2) is 33.2 Å². The SMILES string of the molecule is CNS(=O)(=O)c1ccc(CNC(C)CCCO)o1. The molecule has 18 heavy (non-hydrogen) atoms. The number of aliphatic hydroxyl groups excluding tert-OH is 1. The van der Waals surface area contributed by atoms with Crippen molar-refractivity contribution >= 4 is 10.0 Å². The number of furan rings is 1. The Morgan fingerprint density at radius 1 is 1.44 bits per heavy atom. The Hall–Kier alpha value is -0.890. The Bertz CT molecular complexity index is 455. The van der Waals surface area contributed by atoms with E-state index in [2.05, 4.69) is 10.0 Å². The molecule has 1 heterocycles. The first kappa shape index (κ1) is 15.2. The molecule has 0 aliphatic rings. The number of hydrogen-bond acceptors (Lipinski definition) is 5. The molecule has 0 saturated heterocycles. The van der Waals surface area contributed by atoms with E-state index in [4.69, 9.17) is 9.52 Å². The molecule has 104 valence electrons. The molecule has 0 spiro atoms. The Balaban J connectivity index is 2.50. The lowest BCUT2D eigenvalue weighted by atomic mass is 10.2. The fourth-order valence-electron chi connectivity index (χ4n) is 1.47. The molecule has 0 radical (unpaired) electrons. The summed E-state index contributed by atoms with van der Waals surface area (Å²) in [4.78, 5) is 0. The molecule has 3 N–H and O–H groups in total. The van der Waals surface area contributed by atoms with E-state index < -0.39 is 10.0 Å². The number of nitrogens with one attached hydrogen (secondary N) is 2. The molecule has 0 bridgehead atoms. The molecular weight excluding hydrogens is 256 g/mol. The third kappa shape index (κ3) is 4.41. The normalized spacial score (nSPS) is 13.7. The Morgan fingerprint density at radius 2 is 2.17 bits per heavy atom. The fraction of sp³-hybridized carbons (Fsp3) is 0.636. The first-order valence-corrected chi connectivity index (χ1v) is 7.34. The van der Waals surface area contributed by atoms with Gasteiger partial charge in [0.05, 0.1) is 6.54 Å². The average molecular weight is 276 g/mol. The minimum absolute atomic E-state index is 0.0789. The van der Waals surface area contributed by atoms with E-state index in [1.807, 2.05) is 6.92 Å². The number of rotatable bonds is 8. The summed E-state index contributed by atoms with van der Waals surface area (Å²) >= 11 is 0. The van der Waals surface area contributed by atoms with Crippen LogP contribution in [0.3, 0.4) is 0 Å². The quantitative estimate of drug-likeness (QED) is 0.641. The third-order valence-corrected chi connectivity index (χ3v) is 3.88. The van der Waals surface area contributed by atoms with Crippen LogP contribution in [0.25, 0.3) is 0 Å². The lowest BCUT2D eigenvalue weighted by Crippen LogP contribution is -2.25. The maximum atomic E-state index is 11.4. The Labute approximate surface area is 107 Å². The van der Waals surface area contributed by atoms with Crippen molar-refractivity contribution in [2.24, 2.45) is 0 Å². The van der Waals surface area contributed by atoms with Gasteiger partial charge in [-0.15, -0.1) is 0 Å². The molecule has 0 aliphatic heterocycles. The van der Waals surface area contributed by atoms with Gasteiger partial charge in [-0.05, 0) is 38.9 Å². The van der Waals surface area contributed by atoms with Crippen molar-refractivity contribution in [3.05, 3.63) is 17.9 Å². The highest BCUT2D eigenvalue weighted by Gasteiger charge is 2.16. The summed E-state index contributed by atoms with van der Waals surface area (Å²) in [6.07, 6.45) is 1.60. The van der Waals surface area contributed by atoms with E-state index in [0.717, 1.165) is 12.8 Å². The maximum Gasteiger partial charge on any atom is 0.273 e. The summed E-state index contributed by atoms with van der Waals surface area (Å²) in [5.41, 5.74) is 0. The highest BCUT2D eigenvalue weighted by molar-refractivity contribution is 7.89. The largest absolute Gasteiger partial charge is 0.447 e. The second-order valence-corrected chi connectivity index (χ2v) is 5.89. The van der Waals surface area contributed by atoms with Gasteiger partial charge in [-0.1, -0.05) is 0 Å². The molecule has 0 amide bonds. The van der Waals surface area contributed by atoms with Gasteiger partial charge >= 0.3 is 0 Å². The monoisotopic (exact) mass is 276 g/mol. The van der Waals surface area contributed by atoms with Gasteiger partial charge in [0.25, 0.3) is 10.0 Å². The van der Waals surface area contributed by atoms with Gasteiger partial charge in [-0.3, -0.25) is 0 Å². The van der Waals surface area contributed by atoms with Crippen LogP contribution in [0.1, 0.15) is 25.5 Å². The average Bonchev–Trinajstić information content (AvgIpc) is 2.83. The van der Waals surface area contributed by atoms with Crippen LogP contribution in [0.2, 0.25) is 0 Å². The van der Waals surface area contributed by atoms with Gasteiger partial charge < -0.3 is 14.8 Å². The van der Waals surface area contributed by atoms with E-state index in [-0.39, 0.29) is 17.7 Å². The summed E-state index contributed by atoms with van der Waals surface area (Å²) in [5, 5.41) is 11.8. The molecule has 0 aliphatic carbocycles. The second kappa shape index (κ2) is 6.89. The topological polar surface area (TPSA) is 91.6 Å². The zero-order valence-electron chi connectivity index (χ0n) is 10.6. The summed E-state index contributed by atoms with van der Waals surface area (Å²) in [6.45, 7) is 2.65. The second-order valence-electron chi connectivity index (χ2n) is 4.08. The molecular formula is C11H20N2O4S. The summed E-state index contributed by atoms with van der Waals surface area (Å²) in [5.74, 6) is 0.569. The summed E-state index contributed by atoms with van der Waals surface area (Å²) < 4.78 is 30.3. The molecule has 1 aromatic rings. The van der Waals surface area contributed by atoms with Crippen LogP contribution in [0.4, 0.5) is 0 Å². The van der Waals surface area contributed by atoms with E-state index in [1.165, 1.54) is 13.1 Å². The van der Waals surface area contributed by atoms with Gasteiger partial charge in [0.2, 0.25) is 5.09 Å². The van der Waals surface area contributed by atoms with E-state index in [9.17, 15) is 8.42 Å². The first-order valence-electron chi connectivity index (χ1n) is 5.86. The van der Waals surface area contributed by atoms with Gasteiger partial charge in [-0.25, -0.2) is 13.1 Å². The number of hydrogen-bond donors (Lipinski definition) is 3. The van der Waals surface area contributed by atoms with Crippen LogP contribution in [0.5, 0.6) is 0 Å². The fourth-order valence-corrected chi connectivity index (χ4v) is 2.14. The van der Waals surface area contributed by atoms with E-state index in [0.29, 0.717) is 12.3 Å². The van der Waals surface area contributed by atoms with Crippen molar-refractivity contribution in [2.45, 2.75) is 37.4 Å². The van der Waals surface area contributed by atoms with Crippen LogP contribution < -0.4 is 10.0 Å². The van der Waals surface area contributed by atoms with Gasteiger partial charge in [0, 0.05) is 12.6 Å². The zero-order valence-corrected chi connectivity index (χ0v) is 11.5. The number of aliphatic hydroxyl groups is 1. The van der Waals surface area contributed by atoms with Crippen molar-refractivity contribution < 1.29 is 17.9 Å². The standard InChI is InChI=1S/C11H20N2O4S/c1-9(4-3-7-14)13-8-10-5-6-11(17-10)18(15,16)12-2/h5-6,9,12-14H,3-4,7-8H2,1-2H3. The van der Waals surface area contributed by atoms with E-state index >= 15 is 0 Å². The highest BCUT2D eigenvalue weighted by Crippen LogP contribution is 2.13. The summed E-state index contributed by atoms with van der Waals surface area (Å²) in [6, 6.07) is 3.31. The highest BCUT2D eigenvalue weighted by atomic mass is 32.2. The minimum atomic E-state index is -3.51. The molecule has 1 unspecified atom stereocenters. The van der Waals surface area contributed by atoms with Crippen LogP contribution in [0.15, 0.2) is 21.6 Å². The van der Waals surface area contributed by atoms with Crippen LogP contribution in [-0.2, 0) is 16.6 Å². The molecule has 1 atom stereocenters. The lowest BCUT2D eigenvalue weighted by molar-refractivity contribution is 0.275. The van der Waals surface area contributed by atoms with Crippen molar-refractivity contribution in [1.29, 1.82) is 0 Å². The van der Waals surface area contributed by atoms with Gasteiger partial charge in [0.1, 0.15) is 5.76 Å². The molecule has 0 fully saturated rings.